The van der Waals surface area contributed by atoms with Crippen LogP contribution < -0.4 is 14.8 Å². The number of nitriles is 1. The van der Waals surface area contributed by atoms with Crippen molar-refractivity contribution in [3.8, 4) is 17.6 Å². The Balaban J connectivity index is 1.57. The number of nitrogens with one attached hydrogen (secondary N) is 1. The Morgan fingerprint density at radius 2 is 2.00 bits per heavy atom. The number of amides is 1. The predicted molar refractivity (Wildman–Crippen MR) is 91.7 cm³/mol. The molecule has 1 amide bonds. The molecule has 0 saturated heterocycles. The third-order valence-corrected chi connectivity index (χ3v) is 3.69. The minimum atomic E-state index is -1.03. The van der Waals surface area contributed by atoms with Crippen molar-refractivity contribution in [3.05, 3.63) is 54.1 Å². The molecule has 2 aromatic rings. The summed E-state index contributed by atoms with van der Waals surface area (Å²) in [6, 6.07) is 15.4. The molecule has 132 valence electrons. The van der Waals surface area contributed by atoms with Crippen molar-refractivity contribution in [3.63, 3.8) is 0 Å². The highest BCUT2D eigenvalue weighted by molar-refractivity contribution is 5.95. The first-order valence-electron chi connectivity index (χ1n) is 7.97. The maximum atomic E-state index is 12.2. The number of esters is 1. The molecule has 0 spiro atoms. The van der Waals surface area contributed by atoms with E-state index < -0.39 is 24.1 Å². The summed E-state index contributed by atoms with van der Waals surface area (Å²) < 4.78 is 16.2. The van der Waals surface area contributed by atoms with E-state index in [0.717, 1.165) is 0 Å². The number of anilines is 1. The van der Waals surface area contributed by atoms with Crippen molar-refractivity contribution < 1.29 is 23.8 Å². The van der Waals surface area contributed by atoms with Gasteiger partial charge in [-0.2, -0.15) is 5.26 Å². The molecule has 2 atom stereocenters. The van der Waals surface area contributed by atoms with Gasteiger partial charge in [0.25, 0.3) is 5.91 Å². The maximum absolute atomic E-state index is 12.2. The van der Waals surface area contributed by atoms with Gasteiger partial charge in [0, 0.05) is 5.69 Å². The topological polar surface area (TPSA) is 97.7 Å². The summed E-state index contributed by atoms with van der Waals surface area (Å²) in [6.45, 7) is 1.47. The zero-order valence-electron chi connectivity index (χ0n) is 14.0. The van der Waals surface area contributed by atoms with Crippen molar-refractivity contribution in [2.24, 2.45) is 0 Å². The van der Waals surface area contributed by atoms with Crippen LogP contribution in [0.3, 0.4) is 0 Å². The number of nitrogens with zero attached hydrogens (tertiary/aromatic N) is 1. The van der Waals surface area contributed by atoms with E-state index in [9.17, 15) is 9.59 Å². The van der Waals surface area contributed by atoms with Gasteiger partial charge >= 0.3 is 5.97 Å². The molecule has 2 unspecified atom stereocenters. The highest BCUT2D eigenvalue weighted by Crippen LogP contribution is 2.31. The minimum Gasteiger partial charge on any atom is -0.485 e. The minimum absolute atomic E-state index is 0.00833. The Morgan fingerprint density at radius 3 is 2.77 bits per heavy atom. The van der Waals surface area contributed by atoms with Crippen molar-refractivity contribution >= 4 is 17.6 Å². The molecule has 0 aliphatic carbocycles. The van der Waals surface area contributed by atoms with Gasteiger partial charge < -0.3 is 19.5 Å². The van der Waals surface area contributed by atoms with Crippen LogP contribution in [0.1, 0.15) is 12.5 Å². The van der Waals surface area contributed by atoms with Crippen LogP contribution in [0.5, 0.6) is 11.5 Å². The summed E-state index contributed by atoms with van der Waals surface area (Å²) in [6.07, 6.45) is -1.98. The van der Waals surface area contributed by atoms with Crippen LogP contribution >= 0.6 is 0 Å². The molecule has 1 aliphatic heterocycles. The van der Waals surface area contributed by atoms with Crippen LogP contribution in [0.25, 0.3) is 0 Å². The number of rotatable bonds is 4. The fourth-order valence-corrected chi connectivity index (χ4v) is 2.35. The van der Waals surface area contributed by atoms with Crippen LogP contribution in [0.4, 0.5) is 5.69 Å². The molecule has 0 bridgehead atoms. The molecule has 0 fully saturated rings. The molecule has 0 saturated carbocycles. The molecule has 7 nitrogen and oxygen atoms in total. The summed E-state index contributed by atoms with van der Waals surface area (Å²) in [4.78, 5) is 24.4. The van der Waals surface area contributed by atoms with Gasteiger partial charge in [0.1, 0.15) is 6.61 Å². The predicted octanol–water partition coefficient (Wildman–Crippen LogP) is 2.27. The van der Waals surface area contributed by atoms with Gasteiger partial charge in [-0.1, -0.05) is 18.2 Å². The zero-order valence-corrected chi connectivity index (χ0v) is 14.0. The maximum Gasteiger partial charge on any atom is 0.351 e. The van der Waals surface area contributed by atoms with E-state index in [0.29, 0.717) is 22.7 Å². The van der Waals surface area contributed by atoms with Crippen LogP contribution in [-0.2, 0) is 14.3 Å². The molecule has 0 aromatic heterocycles. The standard InChI is InChI=1S/C19H16N2O5/c1-12(18(22)21-14-6-4-5-13(9-14)10-20)25-19(23)17-11-24-15-7-2-3-8-16(15)26-17/h2-9,12,17H,11H2,1H3,(H,21,22). The fraction of sp³-hybridized carbons (Fsp3) is 0.211. The smallest absolute Gasteiger partial charge is 0.351 e. The number of carbonyl (C=O) groups is 2. The molecule has 3 rings (SSSR count). The zero-order chi connectivity index (χ0) is 18.5. The lowest BCUT2D eigenvalue weighted by Crippen LogP contribution is -2.41. The van der Waals surface area contributed by atoms with Gasteiger partial charge in [-0.15, -0.1) is 0 Å². The number of hydrogen-bond acceptors (Lipinski definition) is 6. The highest BCUT2D eigenvalue weighted by Gasteiger charge is 2.31. The fourth-order valence-electron chi connectivity index (χ4n) is 2.35. The van der Waals surface area contributed by atoms with Gasteiger partial charge in [0.05, 0.1) is 11.6 Å². The Kier molecular flexibility index (Phi) is 5.04. The molecular formula is C19H16N2O5. The monoisotopic (exact) mass is 352 g/mol. The number of ether oxygens (including phenoxy) is 3. The Hall–Kier alpha value is -3.53. The Morgan fingerprint density at radius 1 is 1.23 bits per heavy atom. The van der Waals surface area contributed by atoms with Crippen molar-refractivity contribution in [1.29, 1.82) is 5.26 Å². The summed E-state index contributed by atoms with van der Waals surface area (Å²) in [5.41, 5.74) is 0.863. The normalized spacial score (nSPS) is 16.1. The molecule has 1 heterocycles. The van der Waals surface area contributed by atoms with E-state index in [4.69, 9.17) is 19.5 Å². The van der Waals surface area contributed by atoms with Crippen LogP contribution in [0.2, 0.25) is 0 Å². The Labute approximate surface area is 150 Å². The van der Waals surface area contributed by atoms with Gasteiger partial charge in [0.15, 0.2) is 17.6 Å². The summed E-state index contributed by atoms with van der Waals surface area (Å²) in [5, 5.41) is 11.5. The highest BCUT2D eigenvalue weighted by atomic mass is 16.6. The van der Waals surface area contributed by atoms with Crippen LogP contribution in [0.15, 0.2) is 48.5 Å². The first-order valence-corrected chi connectivity index (χ1v) is 7.97. The molecular weight excluding hydrogens is 336 g/mol. The van der Waals surface area contributed by atoms with Gasteiger partial charge in [-0.3, -0.25) is 4.79 Å². The lowest BCUT2D eigenvalue weighted by molar-refractivity contribution is -0.162. The number of para-hydroxylation sites is 2. The number of hydrogen-bond donors (Lipinski definition) is 1. The van der Waals surface area contributed by atoms with E-state index in [-0.39, 0.29) is 6.61 Å². The van der Waals surface area contributed by atoms with Crippen molar-refractivity contribution in [2.75, 3.05) is 11.9 Å². The van der Waals surface area contributed by atoms with Gasteiger partial charge in [0.2, 0.25) is 6.10 Å². The van der Waals surface area contributed by atoms with E-state index in [1.165, 1.54) is 13.0 Å². The van der Waals surface area contributed by atoms with Gasteiger partial charge in [-0.05, 0) is 37.3 Å². The van der Waals surface area contributed by atoms with E-state index in [1.54, 1.807) is 42.5 Å². The molecule has 0 radical (unpaired) electrons. The largest absolute Gasteiger partial charge is 0.485 e. The third-order valence-electron chi connectivity index (χ3n) is 3.69. The van der Waals surface area contributed by atoms with Crippen molar-refractivity contribution in [2.45, 2.75) is 19.1 Å². The van der Waals surface area contributed by atoms with Crippen molar-refractivity contribution in [1.82, 2.24) is 0 Å². The molecule has 2 aromatic carbocycles. The first kappa shape index (κ1) is 17.3. The van der Waals surface area contributed by atoms with E-state index >= 15 is 0 Å². The number of benzene rings is 2. The lowest BCUT2D eigenvalue weighted by atomic mass is 10.2. The SMILES string of the molecule is CC(OC(=O)C1COc2ccccc2O1)C(=O)Nc1cccc(C#N)c1. The van der Waals surface area contributed by atoms with E-state index in [1.807, 2.05) is 6.07 Å². The summed E-state index contributed by atoms with van der Waals surface area (Å²) in [5.74, 6) is -0.190. The second-order valence-electron chi connectivity index (χ2n) is 5.63. The molecule has 1 N–H and O–H groups in total. The van der Waals surface area contributed by atoms with E-state index in [2.05, 4.69) is 5.32 Å². The quantitative estimate of drug-likeness (QED) is 0.848. The average Bonchev–Trinajstić information content (AvgIpc) is 2.67. The van der Waals surface area contributed by atoms with Gasteiger partial charge in [-0.25, -0.2) is 4.79 Å². The molecule has 7 heteroatoms. The third kappa shape index (κ3) is 3.92. The second kappa shape index (κ2) is 7.57. The number of fused-ring (bicyclic) bond motifs is 1. The Bertz CT molecular complexity index is 874. The summed E-state index contributed by atoms with van der Waals surface area (Å²) >= 11 is 0. The second-order valence-corrected chi connectivity index (χ2v) is 5.63. The first-order chi connectivity index (χ1) is 12.6. The average molecular weight is 352 g/mol. The summed E-state index contributed by atoms with van der Waals surface area (Å²) in [7, 11) is 0. The van der Waals surface area contributed by atoms with Crippen LogP contribution in [0, 0.1) is 11.3 Å². The lowest BCUT2D eigenvalue weighted by Gasteiger charge is -2.25. The molecule has 1 aliphatic rings. The molecule has 26 heavy (non-hydrogen) atoms. The number of carbonyl (C=O) groups excluding carboxylic acids is 2. The van der Waals surface area contributed by atoms with Crippen LogP contribution in [-0.4, -0.2) is 30.7 Å².